The van der Waals surface area contributed by atoms with Gasteiger partial charge in [-0.3, -0.25) is 0 Å². The molecule has 0 bridgehead atoms. The molecule has 0 saturated heterocycles. The van der Waals surface area contributed by atoms with Crippen LogP contribution in [0, 0.1) is 0 Å². The summed E-state index contributed by atoms with van der Waals surface area (Å²) in [5.74, 6) is 0. The molecule has 0 heterocycles. The predicted molar refractivity (Wildman–Crippen MR) is 248 cm³/mol. The fourth-order valence-corrected chi connectivity index (χ4v) is 11.5. The highest BCUT2D eigenvalue weighted by Crippen LogP contribution is 2.64. The smallest absolute Gasteiger partial charge is 0.0725 e. The van der Waals surface area contributed by atoms with Gasteiger partial charge in [-0.2, -0.15) is 0 Å². The third-order valence-corrected chi connectivity index (χ3v) is 14.0. The van der Waals surface area contributed by atoms with Crippen LogP contribution in [0.15, 0.2) is 200 Å². The van der Waals surface area contributed by atoms with Gasteiger partial charge < -0.3 is 4.90 Å². The van der Waals surface area contributed by atoms with E-state index in [-0.39, 0.29) is 5.41 Å². The Morgan fingerprint density at radius 1 is 0.271 bits per heavy atom. The number of nitrogens with zero attached hydrogens (tertiary/aromatic N) is 1. The van der Waals surface area contributed by atoms with Crippen molar-refractivity contribution in [2.75, 3.05) is 4.90 Å². The van der Waals surface area contributed by atoms with Gasteiger partial charge in [-0.1, -0.05) is 166 Å². The zero-order valence-electron chi connectivity index (χ0n) is 33.0. The SMILES string of the molecule is CC1(C)c2ccccc2-c2ccc(N(c3ccccc3)c3ccc4c(c3)-c3ccccc3C43c4ccccc4-c4cc5c6ccccc6c6ccccc6c5cc43)cc21. The van der Waals surface area contributed by atoms with Gasteiger partial charge in [-0.15, -0.1) is 0 Å². The number of anilines is 3. The summed E-state index contributed by atoms with van der Waals surface area (Å²) in [5, 5.41) is 7.84. The molecule has 13 rings (SSSR count). The molecule has 59 heavy (non-hydrogen) atoms. The number of para-hydroxylation sites is 1. The van der Waals surface area contributed by atoms with Crippen LogP contribution in [0.1, 0.15) is 47.2 Å². The van der Waals surface area contributed by atoms with Crippen LogP contribution >= 0.6 is 0 Å². The highest BCUT2D eigenvalue weighted by atomic mass is 15.1. The molecule has 1 heteroatoms. The molecule has 1 spiro atoms. The Hall–Kier alpha value is -7.22. The molecule has 1 atom stereocenters. The van der Waals surface area contributed by atoms with Crippen LogP contribution in [-0.4, -0.2) is 0 Å². The van der Waals surface area contributed by atoms with Crippen molar-refractivity contribution >= 4 is 49.4 Å². The number of hydrogen-bond acceptors (Lipinski definition) is 1. The maximum Gasteiger partial charge on any atom is 0.0725 e. The van der Waals surface area contributed by atoms with Crippen LogP contribution < -0.4 is 4.90 Å². The second kappa shape index (κ2) is 11.7. The Morgan fingerprint density at radius 2 is 0.712 bits per heavy atom. The Labute approximate surface area is 344 Å². The van der Waals surface area contributed by atoms with E-state index < -0.39 is 5.41 Å². The van der Waals surface area contributed by atoms with E-state index in [0.29, 0.717) is 0 Å². The van der Waals surface area contributed by atoms with Crippen LogP contribution in [-0.2, 0) is 10.8 Å². The third kappa shape index (κ3) is 4.19. The standard InChI is InChI=1S/C58H39N/c1-57(2)51-25-13-10-22-43(51)46-30-28-38(33-55(46)57)59(36-16-4-3-5-17-36)37-29-31-54-49(32-37)44-23-11-14-26-52(44)58(54)53-27-15-12-24-45(53)50-34-47-41-20-8-6-18-39(41)40-19-7-9-21-42(40)48(47)35-56(50)58/h3-35H,1-2H3. The Morgan fingerprint density at radius 3 is 1.36 bits per heavy atom. The highest BCUT2D eigenvalue weighted by Gasteiger charge is 2.52. The van der Waals surface area contributed by atoms with E-state index in [0.717, 1.165) is 11.4 Å². The van der Waals surface area contributed by atoms with Gasteiger partial charge in [0, 0.05) is 22.5 Å². The zero-order valence-corrected chi connectivity index (χ0v) is 33.0. The Bertz CT molecular complexity index is 3430. The molecule has 1 nitrogen and oxygen atoms in total. The molecule has 276 valence electrons. The van der Waals surface area contributed by atoms with Gasteiger partial charge >= 0.3 is 0 Å². The summed E-state index contributed by atoms with van der Waals surface area (Å²) >= 11 is 0. The molecule has 0 aromatic heterocycles. The molecule has 0 amide bonds. The van der Waals surface area contributed by atoms with Gasteiger partial charge in [0.2, 0.25) is 0 Å². The van der Waals surface area contributed by atoms with Crippen molar-refractivity contribution in [2.24, 2.45) is 0 Å². The summed E-state index contributed by atoms with van der Waals surface area (Å²) < 4.78 is 0. The fourth-order valence-electron chi connectivity index (χ4n) is 11.5. The lowest BCUT2D eigenvalue weighted by molar-refractivity contribution is 0.660. The molecule has 0 saturated carbocycles. The first kappa shape index (κ1) is 32.8. The normalized spacial score (nSPS) is 16.2. The first-order valence-electron chi connectivity index (χ1n) is 20.8. The fraction of sp³-hybridized carbons (Fsp3) is 0.0690. The van der Waals surface area contributed by atoms with E-state index in [4.69, 9.17) is 0 Å². The highest BCUT2D eigenvalue weighted by molar-refractivity contribution is 6.26. The molecule has 0 N–H and O–H groups in total. The molecule has 0 fully saturated rings. The summed E-state index contributed by atoms with van der Waals surface area (Å²) in [6.45, 7) is 4.73. The molecule has 3 aliphatic carbocycles. The maximum atomic E-state index is 2.56. The minimum absolute atomic E-state index is 0.0986. The molecule has 1 unspecified atom stereocenters. The van der Waals surface area contributed by atoms with Gasteiger partial charge in [0.1, 0.15) is 0 Å². The van der Waals surface area contributed by atoms with Crippen molar-refractivity contribution < 1.29 is 0 Å². The summed E-state index contributed by atoms with van der Waals surface area (Å²) in [6, 6.07) is 75.5. The van der Waals surface area contributed by atoms with Gasteiger partial charge in [0.15, 0.2) is 0 Å². The molecule has 0 radical (unpaired) electrons. The van der Waals surface area contributed by atoms with Gasteiger partial charge in [-0.25, -0.2) is 0 Å². The number of rotatable bonds is 3. The zero-order chi connectivity index (χ0) is 39.0. The monoisotopic (exact) mass is 749 g/mol. The lowest BCUT2D eigenvalue weighted by atomic mass is 9.70. The van der Waals surface area contributed by atoms with E-state index in [1.807, 2.05) is 0 Å². The molecule has 10 aromatic rings. The summed E-state index contributed by atoms with van der Waals surface area (Å²) in [7, 11) is 0. The minimum atomic E-state index is -0.460. The van der Waals surface area contributed by atoms with Crippen LogP contribution in [0.25, 0.3) is 65.7 Å². The predicted octanol–water partition coefficient (Wildman–Crippen LogP) is 15.3. The summed E-state index contributed by atoms with van der Waals surface area (Å²) in [4.78, 5) is 2.45. The molecule has 10 aromatic carbocycles. The Kier molecular flexibility index (Phi) is 6.50. The van der Waals surface area contributed by atoms with Gasteiger partial charge in [0.25, 0.3) is 0 Å². The van der Waals surface area contributed by atoms with Crippen molar-refractivity contribution in [3.8, 4) is 33.4 Å². The van der Waals surface area contributed by atoms with Crippen molar-refractivity contribution in [3.05, 3.63) is 234 Å². The van der Waals surface area contributed by atoms with E-state index in [2.05, 4.69) is 219 Å². The molecular formula is C58H39N. The topological polar surface area (TPSA) is 3.24 Å². The van der Waals surface area contributed by atoms with Crippen LogP contribution in [0.4, 0.5) is 17.1 Å². The maximum absolute atomic E-state index is 2.56. The summed E-state index contributed by atoms with van der Waals surface area (Å²) in [5.41, 5.74) is 19.0. The second-order valence-electron chi connectivity index (χ2n) is 17.2. The van der Waals surface area contributed by atoms with Gasteiger partial charge in [-0.05, 0) is 148 Å². The first-order valence-corrected chi connectivity index (χ1v) is 20.8. The number of hydrogen-bond donors (Lipinski definition) is 0. The quantitative estimate of drug-likeness (QED) is 0.163. The van der Waals surface area contributed by atoms with Crippen molar-refractivity contribution in [2.45, 2.75) is 24.7 Å². The van der Waals surface area contributed by atoms with E-state index in [1.54, 1.807) is 0 Å². The van der Waals surface area contributed by atoms with E-state index in [1.165, 1.54) is 105 Å². The largest absolute Gasteiger partial charge is 0.310 e. The van der Waals surface area contributed by atoms with Crippen molar-refractivity contribution in [3.63, 3.8) is 0 Å². The number of benzene rings is 10. The van der Waals surface area contributed by atoms with Crippen LogP contribution in [0.3, 0.4) is 0 Å². The Balaban J connectivity index is 1.07. The molecule has 0 aliphatic heterocycles. The summed E-state index contributed by atoms with van der Waals surface area (Å²) in [6.07, 6.45) is 0. The molecule has 3 aliphatic rings. The van der Waals surface area contributed by atoms with Crippen LogP contribution in [0.5, 0.6) is 0 Å². The van der Waals surface area contributed by atoms with Crippen LogP contribution in [0.2, 0.25) is 0 Å². The average molecular weight is 750 g/mol. The number of fused-ring (bicyclic) bond motifs is 19. The lowest BCUT2D eigenvalue weighted by Gasteiger charge is -2.32. The van der Waals surface area contributed by atoms with E-state index in [9.17, 15) is 0 Å². The second-order valence-corrected chi connectivity index (χ2v) is 17.2. The average Bonchev–Trinajstić information content (AvgIpc) is 3.84. The first-order chi connectivity index (χ1) is 29.0. The van der Waals surface area contributed by atoms with Crippen molar-refractivity contribution in [1.29, 1.82) is 0 Å². The minimum Gasteiger partial charge on any atom is -0.310 e. The lowest BCUT2D eigenvalue weighted by Crippen LogP contribution is -2.26. The third-order valence-electron chi connectivity index (χ3n) is 14.0. The van der Waals surface area contributed by atoms with Gasteiger partial charge in [0.05, 0.1) is 5.41 Å². The van der Waals surface area contributed by atoms with Crippen molar-refractivity contribution in [1.82, 2.24) is 0 Å². The molecular weight excluding hydrogens is 711 g/mol. The van der Waals surface area contributed by atoms with E-state index >= 15 is 0 Å².